The Morgan fingerprint density at radius 3 is 1.77 bits per heavy atom. The average molecular weight is 1620 g/mol. The van der Waals surface area contributed by atoms with Gasteiger partial charge in [-0.2, -0.15) is 0 Å². The first-order chi connectivity index (χ1) is 54.4. The van der Waals surface area contributed by atoms with Crippen LogP contribution < -0.4 is 86.3 Å². The van der Waals surface area contributed by atoms with Crippen molar-refractivity contribution in [3.05, 3.63) is 65.9 Å². The standard InChI is InChI=1S/C72H101N17O26/c1-5-6-7-8-9-10-11-22-53(93)81-44(25-38-31-76-42-20-15-13-17-39(38)42)65(106)83-45(27-52(75)92)66(107)85-47(30-59(101)102)67(108)89-61-37(4)115-72(114)49(26-51(91)40-18-12-14-19-41(40)74)87-70(111)60(35(2)24-57(97)98)88-68(109)50(34-90)82-55(95)32-77-54(94)28-48(71(112)113)86-62(103)36(3)79-64(105)46(29-58(99)100)84-63(104)43(21-16-23-73)80-56(96)33-78-69(61)110/h12-15,17-20,31,35-37,43-50,60-61,76,90H,5-11,16,21-30,32-34,73-74H2,1-4H3,(H2,75,92)(H,77,94)(H,78,110)(H,79,105)(H,80,96)(H,81,93)(H,82,95)(H,83,106)(H,84,104)(H,85,107)(H,86,103)(H,87,111)(H,88,109)(H,89,108)(H,97,98)(H,99,100)(H,101,102)(H,112,113)/t35-,36+,37?,43+,44-,45-,46-,47-,48?,49-,50-,60-,61?/m0/s1. The van der Waals surface area contributed by atoms with Crippen molar-refractivity contribution in [2.75, 3.05) is 32.0 Å². The van der Waals surface area contributed by atoms with Gasteiger partial charge >= 0.3 is 29.8 Å². The van der Waals surface area contributed by atoms with Crippen LogP contribution in [0.5, 0.6) is 0 Å². The van der Waals surface area contributed by atoms with Crippen LogP contribution in [0.1, 0.15) is 146 Å². The molecule has 2 heterocycles. The molecule has 14 amide bonds. The van der Waals surface area contributed by atoms with Crippen molar-refractivity contribution in [3.63, 3.8) is 0 Å². The molecule has 1 aliphatic heterocycles. The maximum atomic E-state index is 14.8. The van der Waals surface area contributed by atoms with Crippen molar-refractivity contribution >= 4 is 135 Å². The number of aromatic nitrogens is 1. The minimum Gasteiger partial charge on any atom is -0.481 e. The zero-order valence-corrected chi connectivity index (χ0v) is 63.6. The van der Waals surface area contributed by atoms with Gasteiger partial charge in [-0.05, 0) is 69.3 Å². The zero-order valence-electron chi connectivity index (χ0n) is 63.6. The van der Waals surface area contributed by atoms with Gasteiger partial charge in [-0.15, -0.1) is 0 Å². The minimum absolute atomic E-state index is 0.0193. The number of rotatable bonds is 34. The number of Topliss-reactive ketones (excluding diaryl/α,β-unsaturated/α-hetero) is 1. The number of nitrogen functional groups attached to an aromatic ring is 1. The predicted molar refractivity (Wildman–Crippen MR) is 400 cm³/mol. The Balaban J connectivity index is 1.87. The number of fused-ring (bicyclic) bond motifs is 1. The van der Waals surface area contributed by atoms with E-state index in [1.165, 1.54) is 24.3 Å². The Labute approximate surface area is 657 Å². The normalized spacial score (nSPS) is 21.3. The number of primary amides is 1. The molecular formula is C72H101N17O26. The molecule has 1 aromatic heterocycles. The van der Waals surface area contributed by atoms with E-state index in [2.05, 4.69) is 65.1 Å². The molecule has 0 saturated carbocycles. The number of H-pyrrole nitrogens is 1. The summed E-state index contributed by atoms with van der Waals surface area (Å²) in [7, 11) is 0. The van der Waals surface area contributed by atoms with Gasteiger partial charge in [-0.1, -0.05) is 82.7 Å². The molecule has 1 aliphatic rings. The average Bonchev–Trinajstić information content (AvgIpc) is 1.49. The van der Waals surface area contributed by atoms with Crippen LogP contribution in [0, 0.1) is 5.92 Å². The predicted octanol–water partition coefficient (Wildman–Crippen LogP) is -5.62. The molecule has 630 valence electrons. The highest BCUT2D eigenvalue weighted by molar-refractivity contribution is 6.05. The van der Waals surface area contributed by atoms with E-state index in [0.717, 1.165) is 52.9 Å². The number of aliphatic carboxylic acids is 4. The second-order valence-corrected chi connectivity index (χ2v) is 27.3. The number of amides is 14. The minimum atomic E-state index is -2.45. The Morgan fingerprint density at radius 1 is 0.574 bits per heavy atom. The maximum absolute atomic E-state index is 14.8. The molecule has 0 radical (unpaired) electrons. The number of nitrogens with one attached hydrogen (secondary N) is 14. The molecule has 0 bridgehead atoms. The highest BCUT2D eigenvalue weighted by Gasteiger charge is 2.41. The van der Waals surface area contributed by atoms with Gasteiger partial charge in [0.15, 0.2) is 5.78 Å². The van der Waals surface area contributed by atoms with Gasteiger partial charge in [0.05, 0.1) is 51.8 Å². The SMILES string of the molecule is CCCCCCCCCC(=O)N[C@@H](Cc1c[nH]c2ccccc12)C(=O)N[C@@H](CC(N)=O)C(=O)N[C@@H](CC(=O)O)C(=O)NC1C(=O)NCC(=O)N[C@H](CCCN)C(=O)N[C@@H](CC(=O)O)C(=O)N[C@H](C)C(=O)NC(C(=O)O)CC(=O)NCC(=O)N[C@@H](CO)C(=O)N[C@@H]([C@@H](C)CC(=O)O)C(=O)N[C@@H](CC(=O)c2ccccc2N)C(=O)OC1C. The molecule has 115 heavy (non-hydrogen) atoms. The first kappa shape index (κ1) is 94.7. The summed E-state index contributed by atoms with van der Waals surface area (Å²) in [4.78, 5) is 276. The third-order valence-electron chi connectivity index (χ3n) is 17.9. The number of carbonyl (C=O) groups excluding carboxylic acids is 16. The lowest BCUT2D eigenvalue weighted by Crippen LogP contribution is -2.62. The van der Waals surface area contributed by atoms with Gasteiger partial charge in [0.25, 0.3) is 0 Å². The summed E-state index contributed by atoms with van der Waals surface area (Å²) in [5.74, 6) is -29.6. The number of hydrogen-bond donors (Lipinski definition) is 22. The maximum Gasteiger partial charge on any atom is 0.329 e. The molecule has 1 fully saturated rings. The number of nitrogens with two attached hydrogens (primary N) is 3. The van der Waals surface area contributed by atoms with E-state index in [1.807, 2.05) is 16.0 Å². The number of carbonyl (C=O) groups is 20. The van der Waals surface area contributed by atoms with Gasteiger partial charge < -0.3 is 122 Å². The number of ether oxygens (including phenoxy) is 1. The Hall–Kier alpha value is -12.7. The lowest BCUT2D eigenvalue weighted by molar-refractivity contribution is -0.156. The number of benzene rings is 2. The number of esters is 1. The molecule has 13 atom stereocenters. The van der Waals surface area contributed by atoms with Crippen LogP contribution >= 0.6 is 0 Å². The Morgan fingerprint density at radius 2 is 1.16 bits per heavy atom. The number of cyclic esters (lactones) is 1. The number of anilines is 1. The molecule has 4 rings (SSSR count). The Bertz CT molecular complexity index is 4040. The third kappa shape index (κ3) is 32.5. The van der Waals surface area contributed by atoms with E-state index >= 15 is 0 Å². The molecule has 3 unspecified atom stereocenters. The molecule has 3 aromatic rings. The largest absolute Gasteiger partial charge is 0.481 e. The van der Waals surface area contributed by atoms with Crippen LogP contribution in [0.2, 0.25) is 0 Å². The fourth-order valence-electron chi connectivity index (χ4n) is 11.7. The highest BCUT2D eigenvalue weighted by Crippen LogP contribution is 2.22. The van der Waals surface area contributed by atoms with E-state index < -0.39 is 261 Å². The summed E-state index contributed by atoms with van der Waals surface area (Å²) < 4.78 is 5.68. The van der Waals surface area contributed by atoms with Gasteiger partial charge in [-0.3, -0.25) is 86.3 Å². The number of carboxylic acids is 4. The van der Waals surface area contributed by atoms with Crippen LogP contribution in [0.25, 0.3) is 10.9 Å². The summed E-state index contributed by atoms with van der Waals surface area (Å²) in [5.41, 5.74) is 18.1. The molecule has 25 N–H and O–H groups in total. The molecular weight excluding hydrogens is 1520 g/mol. The second kappa shape index (κ2) is 47.6. The number of aliphatic hydroxyl groups is 1. The summed E-state index contributed by atoms with van der Waals surface area (Å²) in [6.45, 7) is 1.21. The first-order valence-corrected chi connectivity index (χ1v) is 36.8. The fraction of sp³-hybridized carbons (Fsp3) is 0.528. The molecule has 2 aromatic carbocycles. The van der Waals surface area contributed by atoms with Crippen LogP contribution in [-0.2, 0) is 102 Å². The molecule has 0 spiro atoms. The van der Waals surface area contributed by atoms with Crippen molar-refractivity contribution in [2.24, 2.45) is 17.4 Å². The summed E-state index contributed by atoms with van der Waals surface area (Å²) >= 11 is 0. The Kier molecular flexibility index (Phi) is 39.2. The van der Waals surface area contributed by atoms with Crippen molar-refractivity contribution in [1.82, 2.24) is 74.1 Å². The van der Waals surface area contributed by atoms with Gasteiger partial charge in [0, 0.05) is 47.6 Å². The smallest absolute Gasteiger partial charge is 0.329 e. The molecule has 1 saturated heterocycles. The summed E-state index contributed by atoms with van der Waals surface area (Å²) in [6.07, 6.45) is -2.25. The lowest BCUT2D eigenvalue weighted by atomic mass is 9.96. The number of hydrogen-bond acceptors (Lipinski definition) is 24. The highest BCUT2D eigenvalue weighted by atomic mass is 16.5. The molecule has 0 aliphatic carbocycles. The molecule has 43 heteroatoms. The lowest BCUT2D eigenvalue weighted by Gasteiger charge is -2.30. The van der Waals surface area contributed by atoms with Crippen molar-refractivity contribution in [1.29, 1.82) is 0 Å². The van der Waals surface area contributed by atoms with Crippen LogP contribution in [0.4, 0.5) is 5.69 Å². The van der Waals surface area contributed by atoms with Crippen molar-refractivity contribution in [3.8, 4) is 0 Å². The fourth-order valence-corrected chi connectivity index (χ4v) is 11.7. The van der Waals surface area contributed by atoms with Crippen LogP contribution in [0.3, 0.4) is 0 Å². The summed E-state index contributed by atoms with van der Waals surface area (Å²) in [5, 5.41) is 78.8. The first-order valence-electron chi connectivity index (χ1n) is 36.8. The number of para-hydroxylation sites is 2. The van der Waals surface area contributed by atoms with E-state index in [1.54, 1.807) is 30.5 Å². The van der Waals surface area contributed by atoms with Crippen LogP contribution in [-0.4, -0.2) is 248 Å². The third-order valence-corrected chi connectivity index (χ3v) is 17.9. The zero-order chi connectivity index (χ0) is 85.8. The molecule has 43 nitrogen and oxygen atoms in total. The van der Waals surface area contributed by atoms with E-state index in [4.69, 9.17) is 21.9 Å². The van der Waals surface area contributed by atoms with E-state index in [-0.39, 0.29) is 37.1 Å². The van der Waals surface area contributed by atoms with Crippen molar-refractivity contribution < 1.29 is 126 Å². The van der Waals surface area contributed by atoms with E-state index in [9.17, 15) is 121 Å². The van der Waals surface area contributed by atoms with Gasteiger partial charge in [0.2, 0.25) is 82.7 Å². The van der Waals surface area contributed by atoms with Crippen molar-refractivity contribution in [2.45, 2.75) is 209 Å². The number of ketones is 1. The topological polar surface area (TPSA) is 702 Å². The van der Waals surface area contributed by atoms with E-state index in [0.29, 0.717) is 29.3 Å². The summed E-state index contributed by atoms with van der Waals surface area (Å²) in [6, 6.07) is -10.5. The number of aliphatic hydroxyl groups excluding tert-OH is 1. The number of carboxylic acid groups (broad SMARTS) is 4. The van der Waals surface area contributed by atoms with Gasteiger partial charge in [0.1, 0.15) is 72.6 Å². The second-order valence-electron chi connectivity index (χ2n) is 27.3. The van der Waals surface area contributed by atoms with Gasteiger partial charge in [-0.25, -0.2) is 9.59 Å². The number of unbranched alkanes of at least 4 members (excludes halogenated alkanes) is 6. The monoisotopic (exact) mass is 1620 g/mol. The van der Waals surface area contributed by atoms with Crippen LogP contribution in [0.15, 0.2) is 54.7 Å². The number of aromatic amines is 1. The quantitative estimate of drug-likeness (QED) is 0.0115.